The zero-order valence-corrected chi connectivity index (χ0v) is 19.1. The van der Waals surface area contributed by atoms with E-state index in [1.54, 1.807) is 12.1 Å². The Morgan fingerprint density at radius 1 is 1.09 bits per heavy atom. The highest BCUT2D eigenvalue weighted by Gasteiger charge is 2.35. The van der Waals surface area contributed by atoms with Crippen molar-refractivity contribution in [3.8, 4) is 23.0 Å². The predicted molar refractivity (Wildman–Crippen MR) is 121 cm³/mol. The van der Waals surface area contributed by atoms with Gasteiger partial charge < -0.3 is 18.9 Å². The van der Waals surface area contributed by atoms with Gasteiger partial charge in [-0.1, -0.05) is 17.7 Å². The predicted octanol–water partition coefficient (Wildman–Crippen LogP) is 3.26. The second-order valence-electron chi connectivity index (χ2n) is 7.08. The molecule has 1 fully saturated rings. The van der Waals surface area contributed by atoms with Gasteiger partial charge in [-0.25, -0.2) is 0 Å². The average Bonchev–Trinajstić information content (AvgIpc) is 3.26. The Hall–Kier alpha value is -3.30. The van der Waals surface area contributed by atoms with Crippen LogP contribution in [0.4, 0.5) is 0 Å². The van der Waals surface area contributed by atoms with Gasteiger partial charge in [0.15, 0.2) is 28.1 Å². The van der Waals surface area contributed by atoms with Gasteiger partial charge in [0.05, 0.1) is 12.1 Å². The van der Waals surface area contributed by atoms with Crippen molar-refractivity contribution in [2.75, 3.05) is 28.0 Å². The Labute approximate surface area is 194 Å². The number of methoxy groups -OCH3 is 1. The molecule has 2 aromatic carbocycles. The van der Waals surface area contributed by atoms with Crippen LogP contribution in [-0.4, -0.2) is 54.7 Å². The molecule has 0 atom stereocenters. The lowest BCUT2D eigenvalue weighted by atomic mass is 10.1. The molecule has 2 heterocycles. The van der Waals surface area contributed by atoms with E-state index in [1.165, 1.54) is 37.1 Å². The van der Waals surface area contributed by atoms with E-state index in [9.17, 15) is 9.59 Å². The number of hydrogen-bond donors (Lipinski definition) is 0. The molecule has 2 aliphatic rings. The van der Waals surface area contributed by atoms with Gasteiger partial charge in [0.25, 0.3) is 11.8 Å². The highest BCUT2D eigenvalue weighted by molar-refractivity contribution is 7.80. The molecule has 1 saturated heterocycles. The van der Waals surface area contributed by atoms with Crippen LogP contribution in [0.1, 0.15) is 11.1 Å². The molecule has 2 amide bonds. The monoisotopic (exact) mass is 474 g/mol. The van der Waals surface area contributed by atoms with Crippen LogP contribution in [0.5, 0.6) is 23.0 Å². The molecule has 4 rings (SSSR count). The highest BCUT2D eigenvalue weighted by atomic mass is 35.5. The fourth-order valence-electron chi connectivity index (χ4n) is 3.29. The third-order valence-electron chi connectivity index (χ3n) is 5.03. The van der Waals surface area contributed by atoms with Crippen molar-refractivity contribution in [1.82, 2.24) is 9.80 Å². The summed E-state index contributed by atoms with van der Waals surface area (Å²) in [6.45, 7) is 0.412. The van der Waals surface area contributed by atoms with Crippen molar-refractivity contribution >= 4 is 46.8 Å². The molecular weight excluding hydrogens is 456 g/mol. The Kier molecular flexibility index (Phi) is 5.94. The van der Waals surface area contributed by atoms with Gasteiger partial charge in [0, 0.05) is 14.1 Å². The lowest BCUT2D eigenvalue weighted by Crippen LogP contribution is -2.52. The van der Waals surface area contributed by atoms with Gasteiger partial charge in [0.2, 0.25) is 6.79 Å². The van der Waals surface area contributed by atoms with Crippen molar-refractivity contribution in [3.63, 3.8) is 0 Å². The lowest BCUT2D eigenvalue weighted by molar-refractivity contribution is -0.132. The van der Waals surface area contributed by atoms with E-state index in [0.717, 1.165) is 5.56 Å². The molecule has 0 saturated carbocycles. The van der Waals surface area contributed by atoms with Crippen molar-refractivity contribution in [2.45, 2.75) is 6.61 Å². The molecule has 32 heavy (non-hydrogen) atoms. The molecule has 0 radical (unpaired) electrons. The molecule has 0 unspecified atom stereocenters. The smallest absolute Gasteiger partial charge is 0.265 e. The molecule has 2 aliphatic heterocycles. The van der Waals surface area contributed by atoms with Crippen molar-refractivity contribution in [3.05, 3.63) is 52.1 Å². The molecule has 0 bridgehead atoms. The first kappa shape index (κ1) is 21.9. The summed E-state index contributed by atoms with van der Waals surface area (Å²) in [5.74, 6) is 1.06. The van der Waals surface area contributed by atoms with E-state index in [1.807, 2.05) is 18.2 Å². The Morgan fingerprint density at radius 3 is 2.47 bits per heavy atom. The van der Waals surface area contributed by atoms with Gasteiger partial charge in [0.1, 0.15) is 12.2 Å². The number of thiocarbonyl (C=S) groups is 1. The van der Waals surface area contributed by atoms with Crippen LogP contribution in [0.2, 0.25) is 5.02 Å². The third kappa shape index (κ3) is 3.96. The number of nitrogens with zero attached hydrogens (tertiary/aromatic N) is 2. The summed E-state index contributed by atoms with van der Waals surface area (Å²) in [6.07, 6.45) is 1.45. The maximum atomic E-state index is 12.6. The average molecular weight is 475 g/mol. The van der Waals surface area contributed by atoms with Crippen LogP contribution in [0, 0.1) is 0 Å². The fraction of sp³-hybridized carbons (Fsp3) is 0.227. The Bertz CT molecular complexity index is 1140. The number of fused-ring (bicyclic) bond motifs is 1. The summed E-state index contributed by atoms with van der Waals surface area (Å²) in [5, 5.41) is 0.407. The van der Waals surface area contributed by atoms with E-state index in [0.29, 0.717) is 28.6 Å². The minimum atomic E-state index is -0.490. The number of benzene rings is 2. The molecular formula is C22H19ClN2O6S. The zero-order chi connectivity index (χ0) is 23.0. The van der Waals surface area contributed by atoms with Crippen molar-refractivity contribution in [2.24, 2.45) is 0 Å². The van der Waals surface area contributed by atoms with Crippen LogP contribution < -0.4 is 18.9 Å². The normalized spacial score (nSPS) is 15.4. The maximum Gasteiger partial charge on any atom is 0.265 e. The summed E-state index contributed by atoms with van der Waals surface area (Å²) >= 11 is 11.6. The Balaban J connectivity index is 1.59. The van der Waals surface area contributed by atoms with Crippen molar-refractivity contribution in [1.29, 1.82) is 0 Å². The van der Waals surface area contributed by atoms with E-state index in [2.05, 4.69) is 0 Å². The largest absolute Gasteiger partial charge is 0.493 e. The minimum absolute atomic E-state index is 0.0317. The number of carbonyl (C=O) groups excluding carboxylic acids is 2. The number of amides is 2. The van der Waals surface area contributed by atoms with Gasteiger partial charge in [-0.05, 0) is 53.7 Å². The quantitative estimate of drug-likeness (QED) is 0.374. The summed E-state index contributed by atoms with van der Waals surface area (Å²) < 4.78 is 22.0. The molecule has 0 spiro atoms. The molecule has 0 N–H and O–H groups in total. The standard InChI is InChI=1S/C22H19ClN2O6S/c1-24-20(26)14(21(27)25(2)22(24)32)6-13-7-15(23)19(18(9-13)28-3)29-10-12-4-5-16-17(8-12)31-11-30-16/h4-9H,10-11H2,1-3H3. The molecule has 166 valence electrons. The number of likely N-dealkylation sites (N-methyl/N-ethyl adjacent to an activating group) is 2. The summed E-state index contributed by atoms with van der Waals surface area (Å²) in [4.78, 5) is 27.6. The topological polar surface area (TPSA) is 77.5 Å². The van der Waals surface area contributed by atoms with Gasteiger partial charge >= 0.3 is 0 Å². The number of carbonyl (C=O) groups is 2. The van der Waals surface area contributed by atoms with Gasteiger partial charge in [-0.15, -0.1) is 0 Å². The van der Waals surface area contributed by atoms with Gasteiger partial charge in [-0.2, -0.15) is 0 Å². The van der Waals surface area contributed by atoms with E-state index in [4.69, 9.17) is 42.8 Å². The van der Waals surface area contributed by atoms with Crippen LogP contribution in [-0.2, 0) is 16.2 Å². The highest BCUT2D eigenvalue weighted by Crippen LogP contribution is 2.38. The molecule has 0 aliphatic carbocycles. The SMILES string of the molecule is COc1cc(C=C2C(=O)N(C)C(=S)N(C)C2=O)cc(Cl)c1OCc1ccc2c(c1)OCO2. The second kappa shape index (κ2) is 8.68. The number of halogens is 1. The second-order valence-corrected chi connectivity index (χ2v) is 7.85. The number of rotatable bonds is 5. The number of ether oxygens (including phenoxy) is 4. The maximum absolute atomic E-state index is 12.6. The number of hydrogen-bond acceptors (Lipinski definition) is 7. The molecule has 2 aromatic rings. The fourth-order valence-corrected chi connectivity index (χ4v) is 3.73. The van der Waals surface area contributed by atoms with E-state index >= 15 is 0 Å². The van der Waals surface area contributed by atoms with Crippen LogP contribution in [0.3, 0.4) is 0 Å². The summed E-state index contributed by atoms with van der Waals surface area (Å²) in [6, 6.07) is 8.75. The molecule has 10 heteroatoms. The Morgan fingerprint density at radius 2 is 1.78 bits per heavy atom. The van der Waals surface area contributed by atoms with Gasteiger partial charge in [-0.3, -0.25) is 19.4 Å². The first-order chi connectivity index (χ1) is 15.3. The van der Waals surface area contributed by atoms with Crippen LogP contribution >= 0.6 is 23.8 Å². The summed E-state index contributed by atoms with van der Waals surface area (Å²) in [5.41, 5.74) is 1.34. The third-order valence-corrected chi connectivity index (χ3v) is 5.86. The minimum Gasteiger partial charge on any atom is -0.493 e. The zero-order valence-electron chi connectivity index (χ0n) is 17.5. The lowest BCUT2D eigenvalue weighted by Gasteiger charge is -2.31. The van der Waals surface area contributed by atoms with E-state index in [-0.39, 0.29) is 29.1 Å². The molecule has 8 nitrogen and oxygen atoms in total. The van der Waals surface area contributed by atoms with Crippen LogP contribution in [0.25, 0.3) is 6.08 Å². The van der Waals surface area contributed by atoms with Crippen molar-refractivity contribution < 1.29 is 28.5 Å². The molecule has 0 aromatic heterocycles. The first-order valence-corrected chi connectivity index (χ1v) is 10.3. The van der Waals surface area contributed by atoms with E-state index < -0.39 is 11.8 Å². The van der Waals surface area contributed by atoms with Crippen LogP contribution in [0.15, 0.2) is 35.9 Å². The summed E-state index contributed by atoms with van der Waals surface area (Å²) in [7, 11) is 4.51. The first-order valence-electron chi connectivity index (χ1n) is 9.50.